The minimum Gasteiger partial charge on any atom is -0.460 e. The monoisotopic (exact) mass is 698 g/mol. The fraction of sp³-hybridized carbons (Fsp3) is 0.341. The van der Waals surface area contributed by atoms with Crippen molar-refractivity contribution in [2.45, 2.75) is 83.5 Å². The third-order valence-electron chi connectivity index (χ3n) is 9.30. The van der Waals surface area contributed by atoms with Gasteiger partial charge in [-0.2, -0.15) is 10.5 Å². The predicted octanol–water partition coefficient (Wildman–Crippen LogP) is 11.8. The third kappa shape index (κ3) is 9.11. The number of esters is 1. The minimum atomic E-state index is -0.464. The van der Waals surface area contributed by atoms with Gasteiger partial charge in [0.05, 0.1) is 23.3 Å². The Labute approximate surface area is 306 Å². The van der Waals surface area contributed by atoms with Gasteiger partial charge in [0.15, 0.2) is 0 Å². The lowest BCUT2D eigenvalue weighted by Crippen LogP contribution is -2.17. The van der Waals surface area contributed by atoms with Crippen molar-refractivity contribution in [3.63, 3.8) is 0 Å². The lowest BCUT2D eigenvalue weighted by molar-refractivity contribution is 0.0335. The Kier molecular flexibility index (Phi) is 12.8. The molecular formula is C44H46N2O4S. The number of allylic oxidation sites excluding steroid dienone is 3. The number of fused-ring (bicyclic) bond motifs is 1. The second kappa shape index (κ2) is 17.4. The maximum absolute atomic E-state index is 12.9. The molecule has 4 aromatic rings. The van der Waals surface area contributed by atoms with Gasteiger partial charge in [-0.3, -0.25) is 0 Å². The molecule has 51 heavy (non-hydrogen) atoms. The Morgan fingerprint density at radius 2 is 1.78 bits per heavy atom. The molecule has 7 heteroatoms. The van der Waals surface area contributed by atoms with Gasteiger partial charge < -0.3 is 14.2 Å². The molecule has 0 fully saturated rings. The van der Waals surface area contributed by atoms with Crippen LogP contribution in [0, 0.1) is 22.7 Å². The van der Waals surface area contributed by atoms with E-state index in [1.165, 1.54) is 10.5 Å². The molecule has 0 saturated heterocycles. The molecule has 0 radical (unpaired) electrons. The van der Waals surface area contributed by atoms with Gasteiger partial charge in [0.1, 0.15) is 30.2 Å². The van der Waals surface area contributed by atoms with Crippen LogP contribution in [0.15, 0.2) is 94.3 Å². The summed E-state index contributed by atoms with van der Waals surface area (Å²) in [6, 6.07) is 25.8. The maximum Gasteiger partial charge on any atom is 0.338 e. The largest absolute Gasteiger partial charge is 0.460 e. The topological polar surface area (TPSA) is 92.3 Å². The van der Waals surface area contributed by atoms with E-state index in [4.69, 9.17) is 14.2 Å². The molecular weight excluding hydrogens is 653 g/mol. The van der Waals surface area contributed by atoms with E-state index in [-0.39, 0.29) is 12.0 Å². The Morgan fingerprint density at radius 3 is 2.53 bits per heavy atom. The molecule has 0 spiro atoms. The summed E-state index contributed by atoms with van der Waals surface area (Å²) in [5.74, 6) is 0.544. The van der Waals surface area contributed by atoms with E-state index in [1.54, 1.807) is 42.1 Å². The van der Waals surface area contributed by atoms with E-state index in [9.17, 15) is 15.3 Å². The molecule has 5 rings (SSSR count). The highest BCUT2D eigenvalue weighted by Crippen LogP contribution is 2.45. The van der Waals surface area contributed by atoms with Gasteiger partial charge in [-0.15, -0.1) is 0 Å². The van der Waals surface area contributed by atoms with Crippen LogP contribution in [-0.2, 0) is 14.9 Å². The Balaban J connectivity index is 1.68. The lowest BCUT2D eigenvalue weighted by Gasteiger charge is -2.27. The molecule has 6 nitrogen and oxygen atoms in total. The van der Waals surface area contributed by atoms with Crippen molar-refractivity contribution < 1.29 is 19.0 Å². The van der Waals surface area contributed by atoms with E-state index >= 15 is 0 Å². The van der Waals surface area contributed by atoms with Gasteiger partial charge >= 0.3 is 5.97 Å². The average Bonchev–Trinajstić information content (AvgIpc) is 3.15. The van der Waals surface area contributed by atoms with Gasteiger partial charge in [0, 0.05) is 27.4 Å². The molecule has 4 aromatic carbocycles. The SMILES string of the molecule is CCCCC(C)(C)c1cc(Oc2cccc(C(=O)OCCOCC)c2)c2c(-c3cccc(SC4=CCCC(CC)=C4)c3)c(C#N)c(C#N)cc2c1. The summed E-state index contributed by atoms with van der Waals surface area (Å²) in [5, 5.41) is 22.4. The normalized spacial score (nSPS) is 12.8. The molecule has 0 heterocycles. The molecule has 0 aromatic heterocycles. The van der Waals surface area contributed by atoms with E-state index < -0.39 is 5.97 Å². The Bertz CT molecular complexity index is 2050. The molecule has 0 bridgehead atoms. The molecule has 0 saturated carbocycles. The number of carbonyl (C=O) groups excluding carboxylic acids is 1. The average molecular weight is 699 g/mol. The molecule has 1 aliphatic carbocycles. The summed E-state index contributed by atoms with van der Waals surface area (Å²) in [6.07, 6.45) is 10.8. The number of unbranched alkanes of at least 4 members (excludes halogenated alkanes) is 1. The lowest BCUT2D eigenvalue weighted by atomic mass is 9.78. The number of ether oxygens (including phenoxy) is 3. The van der Waals surface area contributed by atoms with Crippen LogP contribution >= 0.6 is 11.8 Å². The molecule has 0 unspecified atom stereocenters. The molecule has 0 amide bonds. The van der Waals surface area contributed by atoms with Crippen molar-refractivity contribution in [1.29, 1.82) is 10.5 Å². The summed E-state index contributed by atoms with van der Waals surface area (Å²) in [5.41, 5.74) is 4.76. The Hall–Kier alpha value is -4.82. The molecule has 0 aliphatic heterocycles. The van der Waals surface area contributed by atoms with Crippen molar-refractivity contribution in [2.24, 2.45) is 0 Å². The predicted molar refractivity (Wildman–Crippen MR) is 206 cm³/mol. The highest BCUT2D eigenvalue weighted by Gasteiger charge is 2.26. The quantitative estimate of drug-likeness (QED) is 0.0901. The summed E-state index contributed by atoms with van der Waals surface area (Å²) in [7, 11) is 0. The van der Waals surface area contributed by atoms with Crippen LogP contribution in [0.4, 0.5) is 0 Å². The summed E-state index contributed by atoms with van der Waals surface area (Å²) in [4.78, 5) is 15.2. The van der Waals surface area contributed by atoms with Crippen LogP contribution in [0.25, 0.3) is 21.9 Å². The van der Waals surface area contributed by atoms with Crippen molar-refractivity contribution in [1.82, 2.24) is 0 Å². The third-order valence-corrected chi connectivity index (χ3v) is 10.3. The van der Waals surface area contributed by atoms with Crippen molar-refractivity contribution >= 4 is 28.5 Å². The summed E-state index contributed by atoms with van der Waals surface area (Å²) >= 11 is 1.71. The second-order valence-corrected chi connectivity index (χ2v) is 14.5. The van der Waals surface area contributed by atoms with Crippen LogP contribution < -0.4 is 4.74 Å². The summed E-state index contributed by atoms with van der Waals surface area (Å²) < 4.78 is 17.5. The number of hydrogen-bond acceptors (Lipinski definition) is 7. The molecule has 0 atom stereocenters. The number of hydrogen-bond donors (Lipinski definition) is 0. The zero-order valence-corrected chi connectivity index (χ0v) is 31.1. The van der Waals surface area contributed by atoms with Gasteiger partial charge in [-0.1, -0.05) is 88.2 Å². The van der Waals surface area contributed by atoms with E-state index in [2.05, 4.69) is 76.3 Å². The van der Waals surface area contributed by atoms with Gasteiger partial charge in [0.2, 0.25) is 0 Å². The first kappa shape index (κ1) is 37.4. The zero-order valence-electron chi connectivity index (χ0n) is 30.3. The maximum atomic E-state index is 12.9. The van der Waals surface area contributed by atoms with E-state index in [0.29, 0.717) is 47.0 Å². The van der Waals surface area contributed by atoms with Crippen LogP contribution in [-0.4, -0.2) is 25.8 Å². The number of nitrogens with zero attached hydrogens (tertiary/aromatic N) is 2. The Morgan fingerprint density at radius 1 is 0.961 bits per heavy atom. The van der Waals surface area contributed by atoms with Crippen molar-refractivity contribution in [3.05, 3.63) is 112 Å². The minimum absolute atomic E-state index is 0.156. The number of carbonyl (C=O) groups is 1. The van der Waals surface area contributed by atoms with Gasteiger partial charge in [0.25, 0.3) is 0 Å². The van der Waals surface area contributed by atoms with Crippen LogP contribution in [0.2, 0.25) is 0 Å². The first-order valence-electron chi connectivity index (χ1n) is 17.9. The van der Waals surface area contributed by atoms with Crippen LogP contribution in [0.3, 0.4) is 0 Å². The fourth-order valence-electron chi connectivity index (χ4n) is 6.40. The highest BCUT2D eigenvalue weighted by atomic mass is 32.2. The smallest absolute Gasteiger partial charge is 0.338 e. The molecule has 262 valence electrons. The van der Waals surface area contributed by atoms with Crippen LogP contribution in [0.5, 0.6) is 11.5 Å². The zero-order chi connectivity index (χ0) is 36.4. The first-order valence-corrected chi connectivity index (χ1v) is 18.7. The fourth-order valence-corrected chi connectivity index (χ4v) is 7.43. The molecule has 1 aliphatic rings. The van der Waals surface area contributed by atoms with Gasteiger partial charge in [-0.25, -0.2) is 4.79 Å². The number of rotatable bonds is 15. The van der Waals surface area contributed by atoms with Gasteiger partial charge in [-0.05, 0) is 103 Å². The van der Waals surface area contributed by atoms with Crippen molar-refractivity contribution in [3.8, 4) is 34.8 Å². The number of thioether (sulfide) groups is 1. The van der Waals surface area contributed by atoms with E-state index in [1.807, 2.05) is 19.1 Å². The number of benzene rings is 4. The standard InChI is InChI=1S/C44H46N2O4S/c1-6-9-19-44(4,5)35-24-33-23-34(28-45)39(29-46)41(31-14-12-18-38(26-31)51-37-17-10-13-30(7-2)22-37)42(33)40(27-35)50-36-16-11-15-32(25-36)43(47)49-21-20-48-8-3/h11-12,14-18,22-27H,6-10,13,19-21H2,1-5H3. The molecule has 0 N–H and O–H groups in total. The number of nitriles is 2. The summed E-state index contributed by atoms with van der Waals surface area (Å²) in [6.45, 7) is 11.7. The second-order valence-electron chi connectivity index (χ2n) is 13.4. The first-order chi connectivity index (χ1) is 24.7. The highest BCUT2D eigenvalue weighted by molar-refractivity contribution is 8.03. The van der Waals surface area contributed by atoms with Crippen molar-refractivity contribution in [2.75, 3.05) is 19.8 Å². The van der Waals surface area contributed by atoms with Crippen LogP contribution in [0.1, 0.15) is 100 Å². The van der Waals surface area contributed by atoms with E-state index in [0.717, 1.165) is 65.3 Å².